The Balaban J connectivity index is 1.75. The second-order valence-electron chi connectivity index (χ2n) is 4.82. The number of para-hydroxylation sites is 2. The first-order valence-corrected chi connectivity index (χ1v) is 6.79. The van der Waals surface area contributed by atoms with E-state index < -0.39 is 17.8 Å². The van der Waals surface area contributed by atoms with Crippen LogP contribution in [0.3, 0.4) is 0 Å². The number of hydrogen-bond donors (Lipinski definition) is 3. The maximum atomic E-state index is 12.1. The Morgan fingerprint density at radius 2 is 1.74 bits per heavy atom. The molecule has 3 N–H and O–H groups in total. The first kappa shape index (κ1) is 14.6. The topological polar surface area (TPSA) is 96.5 Å². The van der Waals surface area contributed by atoms with Gasteiger partial charge in [0.25, 0.3) is 11.8 Å². The van der Waals surface area contributed by atoms with Gasteiger partial charge >= 0.3 is 6.03 Å². The highest BCUT2D eigenvalue weighted by Crippen LogP contribution is 2.24. The molecule has 0 atom stereocenters. The Morgan fingerprint density at radius 1 is 1.00 bits per heavy atom. The zero-order chi connectivity index (χ0) is 16.4. The molecule has 2 aromatic carbocycles. The third kappa shape index (κ3) is 2.84. The number of carbonyl (C=O) groups excluding carboxylic acids is 3. The molecule has 0 bridgehead atoms. The van der Waals surface area contributed by atoms with Crippen molar-refractivity contribution in [3.8, 4) is 5.75 Å². The third-order valence-electron chi connectivity index (χ3n) is 3.35. The fourth-order valence-electron chi connectivity index (χ4n) is 2.28. The minimum Gasteiger partial charge on any atom is -0.495 e. The van der Waals surface area contributed by atoms with Gasteiger partial charge in [0.15, 0.2) is 0 Å². The third-order valence-corrected chi connectivity index (χ3v) is 3.35. The Bertz CT molecular complexity index is 817. The normalized spacial score (nSPS) is 12.4. The minimum absolute atomic E-state index is 0.241. The van der Waals surface area contributed by atoms with Crippen molar-refractivity contribution in [2.24, 2.45) is 0 Å². The van der Waals surface area contributed by atoms with E-state index in [4.69, 9.17) is 4.74 Å². The SMILES string of the molecule is COc1ccccc1NC(=O)Nc1ccc2c(c1)C(=O)NC2=O. The van der Waals surface area contributed by atoms with Crippen LogP contribution in [0.25, 0.3) is 0 Å². The molecule has 4 amide bonds. The maximum absolute atomic E-state index is 12.1. The van der Waals surface area contributed by atoms with E-state index in [0.29, 0.717) is 22.7 Å². The van der Waals surface area contributed by atoms with Gasteiger partial charge < -0.3 is 15.4 Å². The number of amides is 4. The summed E-state index contributed by atoms with van der Waals surface area (Å²) in [6, 6.07) is 11.0. The van der Waals surface area contributed by atoms with Crippen LogP contribution < -0.4 is 20.7 Å². The van der Waals surface area contributed by atoms with E-state index in [1.807, 2.05) is 0 Å². The number of methoxy groups -OCH3 is 1. The molecular formula is C16H13N3O4. The van der Waals surface area contributed by atoms with Crippen molar-refractivity contribution in [3.05, 3.63) is 53.6 Å². The number of benzene rings is 2. The summed E-state index contributed by atoms with van der Waals surface area (Å²) in [7, 11) is 1.51. The van der Waals surface area contributed by atoms with Gasteiger partial charge in [-0.3, -0.25) is 14.9 Å². The van der Waals surface area contributed by atoms with Gasteiger partial charge in [0.1, 0.15) is 5.75 Å². The number of nitrogens with one attached hydrogen (secondary N) is 3. The van der Waals surface area contributed by atoms with Gasteiger partial charge in [0, 0.05) is 5.69 Å². The number of urea groups is 1. The van der Waals surface area contributed by atoms with Crippen LogP contribution in [0.4, 0.5) is 16.2 Å². The minimum atomic E-state index is -0.487. The summed E-state index contributed by atoms with van der Waals surface area (Å²) in [4.78, 5) is 35.1. The van der Waals surface area contributed by atoms with Crippen molar-refractivity contribution in [2.45, 2.75) is 0 Å². The summed E-state index contributed by atoms with van der Waals surface area (Å²) < 4.78 is 5.15. The first-order valence-electron chi connectivity index (χ1n) is 6.79. The quantitative estimate of drug-likeness (QED) is 0.757. The molecule has 1 aliphatic heterocycles. The van der Waals surface area contributed by atoms with Crippen molar-refractivity contribution in [1.82, 2.24) is 5.32 Å². The van der Waals surface area contributed by atoms with Gasteiger partial charge in [0.2, 0.25) is 0 Å². The lowest BCUT2D eigenvalue weighted by molar-refractivity contribution is 0.0879. The van der Waals surface area contributed by atoms with Crippen LogP contribution in [0.15, 0.2) is 42.5 Å². The number of anilines is 2. The van der Waals surface area contributed by atoms with E-state index in [1.54, 1.807) is 30.3 Å². The lowest BCUT2D eigenvalue weighted by atomic mass is 10.1. The molecule has 0 saturated heterocycles. The Morgan fingerprint density at radius 3 is 2.52 bits per heavy atom. The highest BCUT2D eigenvalue weighted by Gasteiger charge is 2.26. The van der Waals surface area contributed by atoms with Crippen molar-refractivity contribution >= 4 is 29.2 Å². The summed E-state index contributed by atoms with van der Waals surface area (Å²) in [6.07, 6.45) is 0. The monoisotopic (exact) mass is 311 g/mol. The van der Waals surface area contributed by atoms with Crippen molar-refractivity contribution in [2.75, 3.05) is 17.7 Å². The predicted octanol–water partition coefficient (Wildman–Crippen LogP) is 2.22. The fourth-order valence-corrected chi connectivity index (χ4v) is 2.28. The van der Waals surface area contributed by atoms with E-state index in [0.717, 1.165) is 0 Å². The second kappa shape index (κ2) is 5.80. The molecule has 7 heteroatoms. The van der Waals surface area contributed by atoms with Gasteiger partial charge in [-0.25, -0.2) is 4.79 Å². The van der Waals surface area contributed by atoms with E-state index in [-0.39, 0.29) is 5.56 Å². The lowest BCUT2D eigenvalue weighted by Crippen LogP contribution is -2.20. The molecule has 23 heavy (non-hydrogen) atoms. The first-order chi connectivity index (χ1) is 11.1. The largest absolute Gasteiger partial charge is 0.495 e. The highest BCUT2D eigenvalue weighted by atomic mass is 16.5. The Hall–Kier alpha value is -3.35. The van der Waals surface area contributed by atoms with Crippen molar-refractivity contribution in [1.29, 1.82) is 0 Å². The van der Waals surface area contributed by atoms with Gasteiger partial charge in [-0.15, -0.1) is 0 Å². The van der Waals surface area contributed by atoms with Crippen LogP contribution in [0, 0.1) is 0 Å². The predicted molar refractivity (Wildman–Crippen MR) is 83.9 cm³/mol. The average molecular weight is 311 g/mol. The summed E-state index contributed by atoms with van der Waals surface area (Å²) in [5, 5.41) is 7.46. The van der Waals surface area contributed by atoms with E-state index in [1.165, 1.54) is 19.2 Å². The molecule has 0 unspecified atom stereocenters. The number of hydrogen-bond acceptors (Lipinski definition) is 4. The number of fused-ring (bicyclic) bond motifs is 1. The summed E-state index contributed by atoms with van der Waals surface area (Å²) in [5.41, 5.74) is 1.46. The summed E-state index contributed by atoms with van der Waals surface area (Å²) in [6.45, 7) is 0. The van der Waals surface area contributed by atoms with Crippen LogP contribution in [0.1, 0.15) is 20.7 Å². The molecule has 116 valence electrons. The maximum Gasteiger partial charge on any atom is 0.323 e. The molecule has 2 aromatic rings. The molecule has 0 aliphatic carbocycles. The molecular weight excluding hydrogens is 298 g/mol. The van der Waals surface area contributed by atoms with Crippen molar-refractivity contribution in [3.63, 3.8) is 0 Å². The number of ether oxygens (including phenoxy) is 1. The summed E-state index contributed by atoms with van der Waals surface area (Å²) in [5.74, 6) is -0.379. The van der Waals surface area contributed by atoms with E-state index in [2.05, 4.69) is 16.0 Å². The van der Waals surface area contributed by atoms with Gasteiger partial charge in [0.05, 0.1) is 23.9 Å². The highest BCUT2D eigenvalue weighted by molar-refractivity contribution is 6.22. The molecule has 0 aromatic heterocycles. The molecule has 1 heterocycles. The fraction of sp³-hybridized carbons (Fsp3) is 0.0625. The summed E-state index contributed by atoms with van der Waals surface area (Å²) >= 11 is 0. The van der Waals surface area contributed by atoms with E-state index in [9.17, 15) is 14.4 Å². The average Bonchev–Trinajstić information content (AvgIpc) is 2.82. The van der Waals surface area contributed by atoms with Gasteiger partial charge in [-0.1, -0.05) is 12.1 Å². The lowest BCUT2D eigenvalue weighted by Gasteiger charge is -2.11. The van der Waals surface area contributed by atoms with Crippen molar-refractivity contribution < 1.29 is 19.1 Å². The molecule has 1 aliphatic rings. The van der Waals surface area contributed by atoms with Gasteiger partial charge in [-0.2, -0.15) is 0 Å². The second-order valence-corrected chi connectivity index (χ2v) is 4.82. The van der Waals surface area contributed by atoms with Crippen LogP contribution in [0.5, 0.6) is 5.75 Å². The number of carbonyl (C=O) groups is 3. The molecule has 0 radical (unpaired) electrons. The molecule has 0 fully saturated rings. The molecule has 3 rings (SSSR count). The van der Waals surface area contributed by atoms with Crippen LogP contribution in [-0.4, -0.2) is 25.0 Å². The van der Waals surface area contributed by atoms with Crippen LogP contribution in [-0.2, 0) is 0 Å². The zero-order valence-electron chi connectivity index (χ0n) is 12.2. The molecule has 7 nitrogen and oxygen atoms in total. The standard InChI is InChI=1S/C16H13N3O4/c1-23-13-5-3-2-4-12(13)18-16(22)17-9-6-7-10-11(8-9)15(21)19-14(10)20/h2-8H,1H3,(H2,17,18,22)(H,19,20,21). The number of rotatable bonds is 3. The van der Waals surface area contributed by atoms with Gasteiger partial charge in [-0.05, 0) is 30.3 Å². The zero-order valence-corrected chi connectivity index (χ0v) is 12.2. The molecule has 0 spiro atoms. The van der Waals surface area contributed by atoms with Crippen LogP contribution >= 0.6 is 0 Å². The van der Waals surface area contributed by atoms with E-state index >= 15 is 0 Å². The van der Waals surface area contributed by atoms with Crippen LogP contribution in [0.2, 0.25) is 0 Å². The Labute approximate surface area is 131 Å². The smallest absolute Gasteiger partial charge is 0.323 e. The number of imide groups is 1. The molecule has 0 saturated carbocycles. The Kier molecular flexibility index (Phi) is 3.68.